The maximum atomic E-state index is 13.0. The summed E-state index contributed by atoms with van der Waals surface area (Å²) in [6, 6.07) is 24.2. The topological polar surface area (TPSA) is 50.2 Å². The molecule has 0 bridgehead atoms. The molecule has 0 aliphatic rings. The lowest BCUT2D eigenvalue weighted by Crippen LogP contribution is -2.25. The van der Waals surface area contributed by atoms with Gasteiger partial charge in [-0.25, -0.2) is 4.98 Å². The number of para-hydroxylation sites is 1. The summed E-state index contributed by atoms with van der Waals surface area (Å²) in [6.07, 6.45) is 1.80. The number of carbonyl (C=O) groups is 1. The van der Waals surface area contributed by atoms with E-state index in [0.29, 0.717) is 18.8 Å². The molecular weight excluding hydrogens is 360 g/mol. The van der Waals surface area contributed by atoms with Gasteiger partial charge in [0.05, 0.1) is 0 Å². The fraction of sp³-hybridized carbons (Fsp3) is 0.167. The van der Waals surface area contributed by atoms with Crippen LogP contribution in [0.5, 0.6) is 0 Å². The Morgan fingerprint density at radius 1 is 0.966 bits per heavy atom. The lowest BCUT2D eigenvalue weighted by Gasteiger charge is -2.13. The molecule has 2 aromatic carbocycles. The SMILES string of the molecule is CN(C)c1ccc(CNC(=O)c2cc3ccccc3n2Cc2ccccc2)cn1. The van der Waals surface area contributed by atoms with Gasteiger partial charge in [-0.3, -0.25) is 4.79 Å². The summed E-state index contributed by atoms with van der Waals surface area (Å²) in [7, 11) is 3.91. The summed E-state index contributed by atoms with van der Waals surface area (Å²) in [6.45, 7) is 1.09. The van der Waals surface area contributed by atoms with Crippen LogP contribution in [0, 0.1) is 0 Å². The molecule has 1 N–H and O–H groups in total. The van der Waals surface area contributed by atoms with Crippen molar-refractivity contribution in [3.63, 3.8) is 0 Å². The molecule has 0 aliphatic carbocycles. The molecule has 0 saturated carbocycles. The molecule has 4 rings (SSSR count). The largest absolute Gasteiger partial charge is 0.363 e. The summed E-state index contributed by atoms with van der Waals surface area (Å²) in [5, 5.41) is 4.10. The van der Waals surface area contributed by atoms with Crippen LogP contribution >= 0.6 is 0 Å². The second kappa shape index (κ2) is 8.19. The molecule has 2 aromatic heterocycles. The molecule has 0 unspecified atom stereocenters. The predicted molar refractivity (Wildman–Crippen MR) is 117 cm³/mol. The number of rotatable bonds is 6. The van der Waals surface area contributed by atoms with Crippen LogP contribution in [-0.2, 0) is 13.1 Å². The van der Waals surface area contributed by atoms with Gasteiger partial charge in [-0.1, -0.05) is 54.6 Å². The van der Waals surface area contributed by atoms with Gasteiger partial charge in [-0.2, -0.15) is 0 Å². The molecule has 4 aromatic rings. The molecule has 0 atom stereocenters. The molecule has 29 heavy (non-hydrogen) atoms. The molecule has 0 radical (unpaired) electrons. The first kappa shape index (κ1) is 18.7. The highest BCUT2D eigenvalue weighted by Crippen LogP contribution is 2.21. The van der Waals surface area contributed by atoms with Crippen LogP contribution in [0.3, 0.4) is 0 Å². The minimum Gasteiger partial charge on any atom is -0.363 e. The second-order valence-electron chi connectivity index (χ2n) is 7.26. The number of anilines is 1. The monoisotopic (exact) mass is 384 g/mol. The van der Waals surface area contributed by atoms with Crippen molar-refractivity contribution >= 4 is 22.6 Å². The lowest BCUT2D eigenvalue weighted by atomic mass is 10.2. The molecule has 0 spiro atoms. The molecule has 0 fully saturated rings. The highest BCUT2D eigenvalue weighted by molar-refractivity contribution is 5.98. The summed E-state index contributed by atoms with van der Waals surface area (Å²) in [5.41, 5.74) is 3.84. The third-order valence-electron chi connectivity index (χ3n) is 4.95. The van der Waals surface area contributed by atoms with Crippen LogP contribution in [0.1, 0.15) is 21.6 Å². The smallest absolute Gasteiger partial charge is 0.268 e. The molecule has 2 heterocycles. The molecule has 5 nitrogen and oxygen atoms in total. The van der Waals surface area contributed by atoms with Crippen molar-refractivity contribution in [1.82, 2.24) is 14.9 Å². The number of nitrogens with zero attached hydrogens (tertiary/aromatic N) is 3. The number of aromatic nitrogens is 2. The van der Waals surface area contributed by atoms with Crippen molar-refractivity contribution in [3.05, 3.63) is 95.8 Å². The van der Waals surface area contributed by atoms with E-state index in [9.17, 15) is 4.79 Å². The van der Waals surface area contributed by atoms with Crippen LogP contribution in [0.15, 0.2) is 79.0 Å². The van der Waals surface area contributed by atoms with Crippen LogP contribution in [0.25, 0.3) is 10.9 Å². The first-order valence-electron chi connectivity index (χ1n) is 9.64. The van der Waals surface area contributed by atoms with Crippen LogP contribution in [0.4, 0.5) is 5.82 Å². The van der Waals surface area contributed by atoms with E-state index in [1.807, 2.05) is 73.6 Å². The quantitative estimate of drug-likeness (QED) is 0.545. The van der Waals surface area contributed by atoms with Crippen LogP contribution in [0.2, 0.25) is 0 Å². The Balaban J connectivity index is 1.57. The maximum Gasteiger partial charge on any atom is 0.268 e. The van der Waals surface area contributed by atoms with Crippen molar-refractivity contribution in [3.8, 4) is 0 Å². The number of fused-ring (bicyclic) bond motifs is 1. The first-order valence-corrected chi connectivity index (χ1v) is 9.64. The van der Waals surface area contributed by atoms with Crippen LogP contribution in [-0.4, -0.2) is 29.6 Å². The fourth-order valence-corrected chi connectivity index (χ4v) is 3.39. The lowest BCUT2D eigenvalue weighted by molar-refractivity contribution is 0.0942. The molecular formula is C24H24N4O. The Kier molecular flexibility index (Phi) is 5.29. The number of carbonyl (C=O) groups excluding carboxylic acids is 1. The zero-order valence-electron chi connectivity index (χ0n) is 16.7. The van der Waals surface area contributed by atoms with Gasteiger partial charge in [0.15, 0.2) is 0 Å². The standard InChI is InChI=1S/C24H24N4O/c1-27(2)23-13-12-19(15-25-23)16-26-24(29)22-14-20-10-6-7-11-21(20)28(22)17-18-8-4-3-5-9-18/h3-15H,16-17H2,1-2H3,(H,26,29). The van der Waals surface area contributed by atoms with Crippen LogP contribution < -0.4 is 10.2 Å². The molecule has 1 amide bonds. The number of nitrogens with one attached hydrogen (secondary N) is 1. The van der Waals surface area contributed by atoms with E-state index in [-0.39, 0.29) is 5.91 Å². The number of pyridine rings is 1. The summed E-state index contributed by atoms with van der Waals surface area (Å²) in [5.74, 6) is 0.803. The van der Waals surface area contributed by atoms with E-state index >= 15 is 0 Å². The van der Waals surface area contributed by atoms with E-state index in [0.717, 1.165) is 27.8 Å². The summed E-state index contributed by atoms with van der Waals surface area (Å²) < 4.78 is 2.08. The third kappa shape index (κ3) is 4.14. The number of hydrogen-bond acceptors (Lipinski definition) is 3. The molecule has 5 heteroatoms. The van der Waals surface area contributed by atoms with E-state index < -0.39 is 0 Å². The Bertz CT molecular complexity index is 1110. The van der Waals surface area contributed by atoms with Crippen molar-refractivity contribution in [1.29, 1.82) is 0 Å². The Morgan fingerprint density at radius 3 is 2.45 bits per heavy atom. The van der Waals surface area contributed by atoms with Gasteiger partial charge in [-0.05, 0) is 29.3 Å². The van der Waals surface area contributed by atoms with Gasteiger partial charge < -0.3 is 14.8 Å². The fourth-order valence-electron chi connectivity index (χ4n) is 3.39. The molecule has 146 valence electrons. The highest BCUT2D eigenvalue weighted by Gasteiger charge is 2.15. The van der Waals surface area contributed by atoms with Gasteiger partial charge in [0.1, 0.15) is 11.5 Å². The third-order valence-corrected chi connectivity index (χ3v) is 4.95. The molecule has 0 aliphatic heterocycles. The van der Waals surface area contributed by atoms with Gasteiger partial charge >= 0.3 is 0 Å². The van der Waals surface area contributed by atoms with Crippen molar-refractivity contribution in [2.24, 2.45) is 0 Å². The molecule has 0 saturated heterocycles. The van der Waals surface area contributed by atoms with Crippen molar-refractivity contribution < 1.29 is 4.79 Å². The van der Waals surface area contributed by atoms with Crippen molar-refractivity contribution in [2.45, 2.75) is 13.1 Å². The van der Waals surface area contributed by atoms with E-state index in [1.165, 1.54) is 0 Å². The minimum absolute atomic E-state index is 0.0891. The Labute approximate surface area is 170 Å². The number of amides is 1. The van der Waals surface area contributed by atoms with Gasteiger partial charge in [0.25, 0.3) is 5.91 Å². The Hall–Kier alpha value is -3.60. The highest BCUT2D eigenvalue weighted by atomic mass is 16.1. The van der Waals surface area contributed by atoms with Gasteiger partial charge in [0, 0.05) is 44.3 Å². The zero-order valence-corrected chi connectivity index (χ0v) is 16.7. The maximum absolute atomic E-state index is 13.0. The Morgan fingerprint density at radius 2 is 1.72 bits per heavy atom. The zero-order chi connectivity index (χ0) is 20.2. The van der Waals surface area contributed by atoms with Gasteiger partial charge in [0.2, 0.25) is 0 Å². The van der Waals surface area contributed by atoms with E-state index in [4.69, 9.17) is 0 Å². The normalized spacial score (nSPS) is 10.8. The minimum atomic E-state index is -0.0891. The number of hydrogen-bond donors (Lipinski definition) is 1. The van der Waals surface area contributed by atoms with E-state index in [2.05, 4.69) is 33.1 Å². The van der Waals surface area contributed by atoms with Crippen molar-refractivity contribution in [2.75, 3.05) is 19.0 Å². The second-order valence-corrected chi connectivity index (χ2v) is 7.26. The van der Waals surface area contributed by atoms with Gasteiger partial charge in [-0.15, -0.1) is 0 Å². The predicted octanol–water partition coefficient (Wildman–Crippen LogP) is 4.08. The summed E-state index contributed by atoms with van der Waals surface area (Å²) in [4.78, 5) is 19.4. The summed E-state index contributed by atoms with van der Waals surface area (Å²) >= 11 is 0. The van der Waals surface area contributed by atoms with E-state index in [1.54, 1.807) is 6.20 Å². The average molecular weight is 384 g/mol. The number of benzene rings is 2. The average Bonchev–Trinajstić information content (AvgIpc) is 3.11. The first-order chi connectivity index (χ1) is 14.1.